The molecule has 10 heteroatoms. The lowest BCUT2D eigenvalue weighted by Gasteiger charge is -2.03. The number of sulfone groups is 1. The summed E-state index contributed by atoms with van der Waals surface area (Å²) in [6.45, 7) is 1.42. The SMILES string of the molecule is Cc1c(C(F)F)nn(-c2ccc(S(C)(=O)=O)nn2)c1N. The first-order chi connectivity index (χ1) is 9.21. The number of aromatic nitrogens is 4. The van der Waals surface area contributed by atoms with Gasteiger partial charge in [0.05, 0.1) is 0 Å². The largest absolute Gasteiger partial charge is 0.383 e. The Morgan fingerprint density at radius 1 is 1.30 bits per heavy atom. The molecule has 0 unspecified atom stereocenters. The molecule has 0 bridgehead atoms. The molecule has 108 valence electrons. The van der Waals surface area contributed by atoms with Crippen LogP contribution in [0, 0.1) is 6.92 Å². The van der Waals surface area contributed by atoms with Gasteiger partial charge < -0.3 is 5.73 Å². The highest BCUT2D eigenvalue weighted by atomic mass is 32.2. The second-order valence-electron chi connectivity index (χ2n) is 4.11. The molecule has 0 aromatic carbocycles. The van der Waals surface area contributed by atoms with Crippen molar-refractivity contribution in [1.82, 2.24) is 20.0 Å². The minimum atomic E-state index is -3.48. The smallest absolute Gasteiger partial charge is 0.282 e. The molecule has 0 saturated carbocycles. The highest BCUT2D eigenvalue weighted by Gasteiger charge is 2.21. The van der Waals surface area contributed by atoms with Crippen molar-refractivity contribution in [2.75, 3.05) is 12.0 Å². The third-order valence-electron chi connectivity index (χ3n) is 2.63. The summed E-state index contributed by atoms with van der Waals surface area (Å²) in [6, 6.07) is 2.50. The molecule has 0 spiro atoms. The zero-order valence-electron chi connectivity index (χ0n) is 10.6. The van der Waals surface area contributed by atoms with Crippen molar-refractivity contribution in [2.24, 2.45) is 0 Å². The van der Waals surface area contributed by atoms with E-state index in [9.17, 15) is 17.2 Å². The van der Waals surface area contributed by atoms with Gasteiger partial charge in [-0.25, -0.2) is 17.2 Å². The third-order valence-corrected chi connectivity index (χ3v) is 3.61. The Morgan fingerprint density at radius 3 is 2.35 bits per heavy atom. The van der Waals surface area contributed by atoms with E-state index in [0.29, 0.717) is 0 Å². The average molecular weight is 303 g/mol. The van der Waals surface area contributed by atoms with Crippen molar-refractivity contribution in [3.8, 4) is 5.82 Å². The van der Waals surface area contributed by atoms with Crippen LogP contribution in [0.4, 0.5) is 14.6 Å². The van der Waals surface area contributed by atoms with Crippen LogP contribution in [0.2, 0.25) is 0 Å². The molecule has 0 saturated heterocycles. The van der Waals surface area contributed by atoms with Crippen LogP contribution in [0.5, 0.6) is 0 Å². The van der Waals surface area contributed by atoms with Crippen LogP contribution in [0.15, 0.2) is 17.2 Å². The van der Waals surface area contributed by atoms with Crippen molar-refractivity contribution < 1.29 is 17.2 Å². The van der Waals surface area contributed by atoms with Gasteiger partial charge in [-0.05, 0) is 19.1 Å². The molecular weight excluding hydrogens is 292 g/mol. The molecule has 0 fully saturated rings. The first-order valence-electron chi connectivity index (χ1n) is 5.39. The van der Waals surface area contributed by atoms with Crippen LogP contribution in [0.1, 0.15) is 17.7 Å². The van der Waals surface area contributed by atoms with E-state index >= 15 is 0 Å². The molecule has 0 radical (unpaired) electrons. The van der Waals surface area contributed by atoms with Crippen LogP contribution in [-0.4, -0.2) is 34.7 Å². The molecule has 2 rings (SSSR count). The summed E-state index contributed by atoms with van der Waals surface area (Å²) in [7, 11) is -3.48. The molecule has 2 N–H and O–H groups in total. The molecule has 20 heavy (non-hydrogen) atoms. The highest BCUT2D eigenvalue weighted by Crippen LogP contribution is 2.26. The van der Waals surface area contributed by atoms with Crippen molar-refractivity contribution >= 4 is 15.7 Å². The van der Waals surface area contributed by atoms with E-state index in [0.717, 1.165) is 10.9 Å². The zero-order valence-corrected chi connectivity index (χ0v) is 11.4. The van der Waals surface area contributed by atoms with E-state index in [1.165, 1.54) is 19.1 Å². The number of nitrogens with two attached hydrogens (primary N) is 1. The minimum absolute atomic E-state index is 0.00158. The Hall–Kier alpha value is -2.10. The lowest BCUT2D eigenvalue weighted by atomic mass is 10.2. The second-order valence-corrected chi connectivity index (χ2v) is 6.07. The third kappa shape index (κ3) is 2.46. The Bertz CT molecular complexity index is 740. The predicted octanol–water partition coefficient (Wildman–Crippen LogP) is 0.894. The fraction of sp³-hybridized carbons (Fsp3) is 0.300. The summed E-state index contributed by atoms with van der Waals surface area (Å²) in [5, 5.41) is 10.6. The maximum absolute atomic E-state index is 12.7. The Morgan fingerprint density at radius 2 is 1.95 bits per heavy atom. The molecule has 2 aromatic heterocycles. The molecule has 0 amide bonds. The van der Waals surface area contributed by atoms with Gasteiger partial charge in [-0.15, -0.1) is 10.2 Å². The fourth-order valence-electron chi connectivity index (χ4n) is 1.53. The normalized spacial score (nSPS) is 12.1. The monoisotopic (exact) mass is 303 g/mol. The highest BCUT2D eigenvalue weighted by molar-refractivity contribution is 7.90. The van der Waals surface area contributed by atoms with Gasteiger partial charge in [0.25, 0.3) is 6.43 Å². The molecular formula is C10H11F2N5O2S. The maximum Gasteiger partial charge on any atom is 0.282 e. The Labute approximate surface area is 113 Å². The number of rotatable bonds is 3. The van der Waals surface area contributed by atoms with Crippen molar-refractivity contribution in [2.45, 2.75) is 18.4 Å². The van der Waals surface area contributed by atoms with E-state index < -0.39 is 22.0 Å². The van der Waals surface area contributed by atoms with Gasteiger partial charge in [-0.2, -0.15) is 9.78 Å². The van der Waals surface area contributed by atoms with Gasteiger partial charge in [0, 0.05) is 11.8 Å². The molecule has 0 aliphatic carbocycles. The molecule has 2 aromatic rings. The van der Waals surface area contributed by atoms with Gasteiger partial charge in [0.2, 0.25) is 0 Å². The van der Waals surface area contributed by atoms with Gasteiger partial charge in [0.15, 0.2) is 20.7 Å². The van der Waals surface area contributed by atoms with Crippen LogP contribution in [0.25, 0.3) is 5.82 Å². The fourth-order valence-corrected chi connectivity index (χ4v) is 2.04. The summed E-state index contributed by atoms with van der Waals surface area (Å²) in [6.07, 6.45) is -1.78. The van der Waals surface area contributed by atoms with E-state index in [1.54, 1.807) is 0 Å². The summed E-state index contributed by atoms with van der Waals surface area (Å²) in [5.41, 5.74) is 5.38. The van der Waals surface area contributed by atoms with Gasteiger partial charge in [-0.1, -0.05) is 0 Å². The molecule has 7 nitrogen and oxygen atoms in total. The molecule has 0 aliphatic rings. The van der Waals surface area contributed by atoms with Crippen LogP contribution in [0.3, 0.4) is 0 Å². The number of halogens is 2. The Balaban J connectivity index is 2.50. The van der Waals surface area contributed by atoms with Crippen LogP contribution in [-0.2, 0) is 9.84 Å². The molecule has 0 atom stereocenters. The summed E-state index contributed by atoms with van der Waals surface area (Å²) in [4.78, 5) is 0. The lowest BCUT2D eigenvalue weighted by Crippen LogP contribution is -2.08. The first-order valence-corrected chi connectivity index (χ1v) is 7.28. The van der Waals surface area contributed by atoms with E-state index in [4.69, 9.17) is 5.73 Å². The molecule has 2 heterocycles. The standard InChI is InChI=1S/C10H11F2N5O2S/c1-5-8(9(11)12)16-17(10(5)13)6-3-4-7(15-14-6)20(2,18)19/h3-4,9H,13H2,1-2H3. The number of nitrogens with zero attached hydrogens (tertiary/aromatic N) is 4. The Kier molecular flexibility index (Phi) is 3.42. The maximum atomic E-state index is 12.7. The molecule has 0 aliphatic heterocycles. The quantitative estimate of drug-likeness (QED) is 0.903. The van der Waals surface area contributed by atoms with Gasteiger partial charge >= 0.3 is 0 Å². The van der Waals surface area contributed by atoms with Crippen molar-refractivity contribution in [3.63, 3.8) is 0 Å². The topological polar surface area (TPSA) is 104 Å². The van der Waals surface area contributed by atoms with E-state index in [-0.39, 0.29) is 22.2 Å². The van der Waals surface area contributed by atoms with Crippen molar-refractivity contribution in [3.05, 3.63) is 23.4 Å². The van der Waals surface area contributed by atoms with E-state index in [1.807, 2.05) is 0 Å². The zero-order chi connectivity index (χ0) is 15.1. The minimum Gasteiger partial charge on any atom is -0.383 e. The first kappa shape index (κ1) is 14.3. The summed E-state index contributed by atoms with van der Waals surface area (Å²) in [5.74, 6) is 0.0617. The van der Waals surface area contributed by atoms with Gasteiger partial charge in [-0.3, -0.25) is 0 Å². The number of anilines is 1. The van der Waals surface area contributed by atoms with Crippen LogP contribution >= 0.6 is 0 Å². The van der Waals surface area contributed by atoms with E-state index in [2.05, 4.69) is 15.3 Å². The van der Waals surface area contributed by atoms with Crippen LogP contribution < -0.4 is 5.73 Å². The number of alkyl halides is 2. The number of nitrogen functional groups attached to an aromatic ring is 1. The predicted molar refractivity (Wildman–Crippen MR) is 66.4 cm³/mol. The summed E-state index contributed by atoms with van der Waals surface area (Å²) >= 11 is 0. The lowest BCUT2D eigenvalue weighted by molar-refractivity contribution is 0.144. The average Bonchev–Trinajstić information content (AvgIpc) is 2.66. The van der Waals surface area contributed by atoms with Crippen molar-refractivity contribution in [1.29, 1.82) is 0 Å². The number of hydrogen-bond donors (Lipinski definition) is 1. The summed E-state index contributed by atoms with van der Waals surface area (Å²) < 4.78 is 48.9. The second kappa shape index (κ2) is 4.78. The number of hydrogen-bond acceptors (Lipinski definition) is 6. The van der Waals surface area contributed by atoms with Gasteiger partial charge in [0.1, 0.15) is 11.5 Å².